The molecule has 1 fully saturated rings. The molecule has 0 aromatic heterocycles. The third kappa shape index (κ3) is 2.69. The number of aliphatic hydroxyl groups excluding tert-OH is 1. The first-order valence-corrected chi connectivity index (χ1v) is 5.58. The van der Waals surface area contributed by atoms with Gasteiger partial charge in [0.2, 0.25) is 5.91 Å². The molecule has 5 atom stereocenters. The van der Waals surface area contributed by atoms with Crippen molar-refractivity contribution in [3.05, 3.63) is 0 Å². The van der Waals surface area contributed by atoms with Gasteiger partial charge in [0.1, 0.15) is 0 Å². The van der Waals surface area contributed by atoms with Gasteiger partial charge in [-0.25, -0.2) is 0 Å². The van der Waals surface area contributed by atoms with E-state index in [0.717, 1.165) is 6.42 Å². The Morgan fingerprint density at radius 1 is 1.47 bits per heavy atom. The summed E-state index contributed by atoms with van der Waals surface area (Å²) in [6.45, 7) is 7.36. The highest BCUT2D eigenvalue weighted by molar-refractivity contribution is 5.73. The largest absolute Gasteiger partial charge is 0.390 e. The topological polar surface area (TPSA) is 58.6 Å². The molecule has 5 unspecified atom stereocenters. The first-order chi connectivity index (χ1) is 6.97. The lowest BCUT2D eigenvalue weighted by Crippen LogP contribution is -2.58. The number of carbonyl (C=O) groups is 1. The van der Waals surface area contributed by atoms with E-state index in [0.29, 0.717) is 0 Å². The van der Waals surface area contributed by atoms with Crippen LogP contribution in [0.2, 0.25) is 0 Å². The Hall–Kier alpha value is -0.610. The highest BCUT2D eigenvalue weighted by Crippen LogP contribution is 2.27. The molecule has 0 aromatic carbocycles. The number of ether oxygens (including phenoxy) is 1. The summed E-state index contributed by atoms with van der Waals surface area (Å²) < 4.78 is 5.67. The number of rotatable bonds is 2. The summed E-state index contributed by atoms with van der Waals surface area (Å²) in [5.41, 5.74) is 0. The van der Waals surface area contributed by atoms with Crippen LogP contribution in [0, 0.1) is 5.92 Å². The van der Waals surface area contributed by atoms with Crippen LogP contribution in [-0.2, 0) is 9.53 Å². The fraction of sp³-hybridized carbons (Fsp3) is 0.909. The third-order valence-electron chi connectivity index (χ3n) is 3.15. The molecule has 1 amide bonds. The summed E-state index contributed by atoms with van der Waals surface area (Å²) >= 11 is 0. The van der Waals surface area contributed by atoms with Crippen LogP contribution in [0.1, 0.15) is 34.1 Å². The van der Waals surface area contributed by atoms with Gasteiger partial charge in [0.05, 0.1) is 24.4 Å². The van der Waals surface area contributed by atoms with Crippen molar-refractivity contribution in [2.24, 2.45) is 5.92 Å². The fourth-order valence-corrected chi connectivity index (χ4v) is 2.24. The second kappa shape index (κ2) is 4.94. The van der Waals surface area contributed by atoms with E-state index in [2.05, 4.69) is 5.32 Å². The Balaban J connectivity index is 2.70. The Kier molecular flexibility index (Phi) is 4.11. The summed E-state index contributed by atoms with van der Waals surface area (Å²) in [7, 11) is 0. The van der Waals surface area contributed by atoms with E-state index < -0.39 is 6.10 Å². The first-order valence-electron chi connectivity index (χ1n) is 5.58. The second-order valence-corrected chi connectivity index (χ2v) is 4.36. The van der Waals surface area contributed by atoms with Crippen LogP contribution in [0.4, 0.5) is 0 Å². The van der Waals surface area contributed by atoms with Gasteiger partial charge in [-0.15, -0.1) is 0 Å². The highest BCUT2D eigenvalue weighted by Gasteiger charge is 2.40. The molecular weight excluding hydrogens is 194 g/mol. The maximum atomic E-state index is 11.0. The van der Waals surface area contributed by atoms with Gasteiger partial charge in [-0.3, -0.25) is 4.79 Å². The fourth-order valence-electron chi connectivity index (χ4n) is 2.24. The van der Waals surface area contributed by atoms with Crippen LogP contribution < -0.4 is 5.32 Å². The zero-order valence-corrected chi connectivity index (χ0v) is 9.86. The quantitative estimate of drug-likeness (QED) is 0.712. The minimum Gasteiger partial charge on any atom is -0.390 e. The summed E-state index contributed by atoms with van der Waals surface area (Å²) in [6, 6.07) is -0.0969. The van der Waals surface area contributed by atoms with Crippen molar-refractivity contribution in [3.8, 4) is 0 Å². The zero-order chi connectivity index (χ0) is 11.6. The molecule has 0 aliphatic carbocycles. The maximum absolute atomic E-state index is 11.0. The maximum Gasteiger partial charge on any atom is 0.217 e. The van der Waals surface area contributed by atoms with Crippen molar-refractivity contribution < 1.29 is 14.6 Å². The molecule has 1 aliphatic heterocycles. The lowest BCUT2D eigenvalue weighted by molar-refractivity contribution is -0.156. The number of hydrogen-bond acceptors (Lipinski definition) is 3. The molecule has 88 valence electrons. The van der Waals surface area contributed by atoms with Crippen molar-refractivity contribution in [2.45, 2.75) is 58.5 Å². The molecule has 15 heavy (non-hydrogen) atoms. The van der Waals surface area contributed by atoms with Crippen LogP contribution in [-0.4, -0.2) is 35.4 Å². The van der Waals surface area contributed by atoms with E-state index in [1.165, 1.54) is 6.92 Å². The predicted octanol–water partition coefficient (Wildman–Crippen LogP) is 0.685. The number of hydrogen-bond donors (Lipinski definition) is 2. The standard InChI is InChI=1S/C11H21NO3/c1-5-9-11(14)6(2)10(7(3)15-9)12-8(4)13/h6-7,9-11,14H,5H2,1-4H3,(H,12,13). The summed E-state index contributed by atoms with van der Waals surface area (Å²) in [6.07, 6.45) is 0.142. The molecule has 0 bridgehead atoms. The van der Waals surface area contributed by atoms with E-state index in [9.17, 15) is 9.90 Å². The van der Waals surface area contributed by atoms with Crippen molar-refractivity contribution in [1.82, 2.24) is 5.32 Å². The summed E-state index contributed by atoms with van der Waals surface area (Å²) in [5, 5.41) is 12.8. The van der Waals surface area contributed by atoms with Crippen LogP contribution in [0.3, 0.4) is 0 Å². The predicted molar refractivity (Wildman–Crippen MR) is 57.4 cm³/mol. The summed E-state index contributed by atoms with van der Waals surface area (Å²) in [4.78, 5) is 11.0. The van der Waals surface area contributed by atoms with Gasteiger partial charge in [-0.1, -0.05) is 13.8 Å². The van der Waals surface area contributed by atoms with Crippen LogP contribution in [0.25, 0.3) is 0 Å². The molecule has 4 nitrogen and oxygen atoms in total. The number of amides is 1. The Morgan fingerprint density at radius 2 is 2.07 bits per heavy atom. The molecule has 0 spiro atoms. The van der Waals surface area contributed by atoms with Crippen molar-refractivity contribution in [1.29, 1.82) is 0 Å². The van der Waals surface area contributed by atoms with E-state index in [-0.39, 0.29) is 30.1 Å². The van der Waals surface area contributed by atoms with Gasteiger partial charge >= 0.3 is 0 Å². The SMILES string of the molecule is CCC1OC(C)C(NC(C)=O)C(C)C1O. The molecule has 1 rings (SSSR count). The van der Waals surface area contributed by atoms with Crippen LogP contribution >= 0.6 is 0 Å². The monoisotopic (exact) mass is 215 g/mol. The van der Waals surface area contributed by atoms with Gasteiger partial charge in [-0.05, 0) is 13.3 Å². The van der Waals surface area contributed by atoms with Gasteiger partial charge in [0, 0.05) is 12.8 Å². The smallest absolute Gasteiger partial charge is 0.217 e. The van der Waals surface area contributed by atoms with E-state index in [1.54, 1.807) is 0 Å². The lowest BCUT2D eigenvalue weighted by Gasteiger charge is -2.42. The Morgan fingerprint density at radius 3 is 2.53 bits per heavy atom. The molecule has 1 aliphatic rings. The molecule has 0 aromatic rings. The molecule has 4 heteroatoms. The third-order valence-corrected chi connectivity index (χ3v) is 3.15. The van der Waals surface area contributed by atoms with Crippen molar-refractivity contribution in [2.75, 3.05) is 0 Å². The lowest BCUT2D eigenvalue weighted by atomic mass is 9.85. The second-order valence-electron chi connectivity index (χ2n) is 4.36. The van der Waals surface area contributed by atoms with Crippen molar-refractivity contribution in [3.63, 3.8) is 0 Å². The van der Waals surface area contributed by atoms with Gasteiger partial charge in [-0.2, -0.15) is 0 Å². The van der Waals surface area contributed by atoms with Crippen LogP contribution in [0.5, 0.6) is 0 Å². The average Bonchev–Trinajstić information content (AvgIpc) is 2.18. The Bertz CT molecular complexity index is 232. The number of carbonyl (C=O) groups excluding carboxylic acids is 1. The van der Waals surface area contributed by atoms with E-state index in [4.69, 9.17) is 4.74 Å². The number of aliphatic hydroxyl groups is 1. The molecule has 0 saturated carbocycles. The molecule has 1 saturated heterocycles. The molecule has 1 heterocycles. The molecular formula is C11H21NO3. The highest BCUT2D eigenvalue weighted by atomic mass is 16.5. The Labute approximate surface area is 91.0 Å². The van der Waals surface area contributed by atoms with Crippen molar-refractivity contribution >= 4 is 5.91 Å². The van der Waals surface area contributed by atoms with Gasteiger partial charge in [0.25, 0.3) is 0 Å². The first kappa shape index (κ1) is 12.5. The van der Waals surface area contributed by atoms with Crippen LogP contribution in [0.15, 0.2) is 0 Å². The molecule has 2 N–H and O–H groups in total. The minimum atomic E-state index is -0.497. The van der Waals surface area contributed by atoms with E-state index >= 15 is 0 Å². The minimum absolute atomic E-state index is 0.0302. The zero-order valence-electron chi connectivity index (χ0n) is 9.86. The van der Waals surface area contributed by atoms with Gasteiger partial charge < -0.3 is 15.2 Å². The molecule has 0 radical (unpaired) electrons. The normalized spacial score (nSPS) is 41.3. The van der Waals surface area contributed by atoms with E-state index in [1.807, 2.05) is 20.8 Å². The average molecular weight is 215 g/mol. The summed E-state index contributed by atoms with van der Waals surface area (Å²) in [5.74, 6) is -0.0490. The number of nitrogens with one attached hydrogen (secondary N) is 1. The van der Waals surface area contributed by atoms with Gasteiger partial charge in [0.15, 0.2) is 0 Å².